The fourth-order valence-electron chi connectivity index (χ4n) is 3.37. The number of nitro groups is 1. The molecule has 0 atom stereocenters. The van der Waals surface area contributed by atoms with Gasteiger partial charge in [0, 0.05) is 38.3 Å². The first kappa shape index (κ1) is 23.2. The van der Waals surface area contributed by atoms with Gasteiger partial charge in [0.15, 0.2) is 0 Å². The van der Waals surface area contributed by atoms with E-state index in [9.17, 15) is 23.3 Å². The van der Waals surface area contributed by atoms with Gasteiger partial charge in [-0.15, -0.1) is 0 Å². The summed E-state index contributed by atoms with van der Waals surface area (Å²) in [7, 11) is -3.74. The van der Waals surface area contributed by atoms with Crippen molar-refractivity contribution in [1.29, 1.82) is 0 Å². The molecule has 0 saturated carbocycles. The van der Waals surface area contributed by atoms with Crippen LogP contribution in [0.1, 0.15) is 0 Å². The minimum absolute atomic E-state index is 0.111. The first-order valence-electron chi connectivity index (χ1n) is 10.4. The third-order valence-electron chi connectivity index (χ3n) is 5.19. The van der Waals surface area contributed by atoms with Gasteiger partial charge in [-0.25, -0.2) is 13.2 Å². The maximum Gasteiger partial charge on any atom is 0.415 e. The number of para-hydroxylation sites is 1. The monoisotopic (exact) mass is 483 g/mol. The first-order valence-corrected chi connectivity index (χ1v) is 11.8. The van der Waals surface area contributed by atoms with E-state index in [4.69, 9.17) is 9.47 Å². The van der Waals surface area contributed by atoms with Gasteiger partial charge in [-0.05, 0) is 48.5 Å². The molecule has 0 aromatic heterocycles. The quantitative estimate of drug-likeness (QED) is 0.385. The first-order chi connectivity index (χ1) is 16.3. The highest BCUT2D eigenvalue weighted by Gasteiger charge is 2.31. The summed E-state index contributed by atoms with van der Waals surface area (Å²) in [5.41, 5.74) is -0.113. The summed E-state index contributed by atoms with van der Waals surface area (Å²) >= 11 is 0. The van der Waals surface area contributed by atoms with Crippen molar-refractivity contribution >= 4 is 21.8 Å². The molecule has 0 N–H and O–H groups in total. The standard InChI is InChI=1S/C23H21N3O7S/c27-23(33-21-8-6-18(7-9-21)26(28)29)24-14-16-25(17-15-24)34(30,31)22-12-10-20(11-13-22)32-19-4-2-1-3-5-19/h1-13H,14-17H2. The Balaban J connectivity index is 1.33. The lowest BCUT2D eigenvalue weighted by Gasteiger charge is -2.33. The molecule has 0 radical (unpaired) electrons. The molecule has 1 aliphatic heterocycles. The molecule has 0 bridgehead atoms. The Morgan fingerprint density at radius 2 is 1.35 bits per heavy atom. The van der Waals surface area contributed by atoms with Gasteiger partial charge in [0.1, 0.15) is 17.2 Å². The van der Waals surface area contributed by atoms with Crippen LogP contribution in [0.2, 0.25) is 0 Å². The molecular weight excluding hydrogens is 462 g/mol. The number of hydrogen-bond acceptors (Lipinski definition) is 7. The lowest BCUT2D eigenvalue weighted by Crippen LogP contribution is -2.51. The summed E-state index contributed by atoms with van der Waals surface area (Å²) < 4.78 is 38.3. The average molecular weight is 484 g/mol. The Bertz CT molecular complexity index is 1260. The number of carbonyl (C=O) groups excluding carboxylic acids is 1. The predicted molar refractivity (Wildman–Crippen MR) is 122 cm³/mol. The molecule has 1 aliphatic rings. The number of rotatable bonds is 6. The fourth-order valence-corrected chi connectivity index (χ4v) is 4.79. The SMILES string of the molecule is O=C(Oc1ccc([N+](=O)[O-])cc1)N1CCN(S(=O)(=O)c2ccc(Oc3ccccc3)cc2)CC1. The zero-order valence-corrected chi connectivity index (χ0v) is 18.8. The Kier molecular flexibility index (Phi) is 6.75. The van der Waals surface area contributed by atoms with Crippen LogP contribution in [-0.2, 0) is 10.0 Å². The second-order valence-corrected chi connectivity index (χ2v) is 9.33. The number of sulfonamides is 1. The Morgan fingerprint density at radius 1 is 0.794 bits per heavy atom. The number of carbonyl (C=O) groups is 1. The van der Waals surface area contributed by atoms with E-state index in [2.05, 4.69) is 0 Å². The second-order valence-electron chi connectivity index (χ2n) is 7.40. The number of hydrogen-bond donors (Lipinski definition) is 0. The lowest BCUT2D eigenvalue weighted by molar-refractivity contribution is -0.384. The Hall–Kier alpha value is -3.96. The number of piperazine rings is 1. The van der Waals surface area contributed by atoms with E-state index in [1.54, 1.807) is 24.3 Å². The van der Waals surface area contributed by atoms with Crippen LogP contribution in [0, 0.1) is 10.1 Å². The van der Waals surface area contributed by atoms with Crippen LogP contribution in [0.4, 0.5) is 10.5 Å². The van der Waals surface area contributed by atoms with Crippen molar-refractivity contribution in [2.75, 3.05) is 26.2 Å². The largest absolute Gasteiger partial charge is 0.457 e. The van der Waals surface area contributed by atoms with Gasteiger partial charge in [0.05, 0.1) is 9.82 Å². The minimum Gasteiger partial charge on any atom is -0.457 e. The Morgan fingerprint density at radius 3 is 1.94 bits per heavy atom. The second kappa shape index (κ2) is 9.89. The van der Waals surface area contributed by atoms with Crippen LogP contribution < -0.4 is 9.47 Å². The van der Waals surface area contributed by atoms with Gasteiger partial charge in [-0.1, -0.05) is 18.2 Å². The van der Waals surface area contributed by atoms with Crippen LogP contribution in [0.25, 0.3) is 0 Å². The molecule has 1 amide bonds. The summed E-state index contributed by atoms with van der Waals surface area (Å²) in [6, 6.07) is 20.5. The maximum atomic E-state index is 13.0. The number of ether oxygens (including phenoxy) is 2. The molecule has 1 saturated heterocycles. The molecule has 0 aliphatic carbocycles. The molecule has 1 heterocycles. The molecule has 34 heavy (non-hydrogen) atoms. The van der Waals surface area contributed by atoms with Crippen molar-refractivity contribution in [2.45, 2.75) is 4.90 Å². The van der Waals surface area contributed by atoms with Crippen LogP contribution >= 0.6 is 0 Å². The van der Waals surface area contributed by atoms with E-state index in [1.807, 2.05) is 18.2 Å². The van der Waals surface area contributed by atoms with E-state index < -0.39 is 21.0 Å². The van der Waals surface area contributed by atoms with Gasteiger partial charge < -0.3 is 14.4 Å². The zero-order chi connectivity index (χ0) is 24.1. The van der Waals surface area contributed by atoms with E-state index in [1.165, 1.54) is 45.6 Å². The maximum absolute atomic E-state index is 13.0. The minimum atomic E-state index is -3.74. The van der Waals surface area contributed by atoms with E-state index in [0.717, 1.165) is 0 Å². The third kappa shape index (κ3) is 5.33. The summed E-state index contributed by atoms with van der Waals surface area (Å²) in [5.74, 6) is 1.34. The molecule has 11 heteroatoms. The van der Waals surface area contributed by atoms with Gasteiger partial charge in [-0.3, -0.25) is 10.1 Å². The van der Waals surface area contributed by atoms with Crippen molar-refractivity contribution in [3.8, 4) is 17.2 Å². The highest BCUT2D eigenvalue weighted by atomic mass is 32.2. The van der Waals surface area contributed by atoms with Gasteiger partial charge >= 0.3 is 6.09 Å². The van der Waals surface area contributed by atoms with Crippen LogP contribution in [-0.4, -0.2) is 54.8 Å². The zero-order valence-electron chi connectivity index (χ0n) is 17.9. The van der Waals surface area contributed by atoms with Crippen LogP contribution in [0.3, 0.4) is 0 Å². The summed E-state index contributed by atoms with van der Waals surface area (Å²) in [6.07, 6.45) is -0.645. The van der Waals surface area contributed by atoms with Gasteiger partial charge in [0.25, 0.3) is 5.69 Å². The normalized spacial score (nSPS) is 14.4. The molecule has 10 nitrogen and oxygen atoms in total. The summed E-state index contributed by atoms with van der Waals surface area (Å²) in [5, 5.41) is 10.7. The number of benzene rings is 3. The molecule has 0 unspecified atom stereocenters. The molecular formula is C23H21N3O7S. The van der Waals surface area contributed by atoms with Crippen molar-refractivity contribution in [3.63, 3.8) is 0 Å². The van der Waals surface area contributed by atoms with Crippen LogP contribution in [0.5, 0.6) is 17.2 Å². The molecule has 3 aromatic carbocycles. The number of non-ortho nitro benzene ring substituents is 1. The van der Waals surface area contributed by atoms with Crippen molar-refractivity contribution in [1.82, 2.24) is 9.21 Å². The molecule has 3 aromatic rings. The van der Waals surface area contributed by atoms with E-state index in [-0.39, 0.29) is 42.5 Å². The molecule has 1 fully saturated rings. The average Bonchev–Trinajstić information content (AvgIpc) is 2.85. The number of nitro benzene ring substituents is 1. The van der Waals surface area contributed by atoms with Crippen LogP contribution in [0.15, 0.2) is 83.8 Å². The van der Waals surface area contributed by atoms with Crippen molar-refractivity contribution in [2.24, 2.45) is 0 Å². The summed E-state index contributed by atoms with van der Waals surface area (Å²) in [4.78, 5) is 24.1. The lowest BCUT2D eigenvalue weighted by atomic mass is 10.3. The highest BCUT2D eigenvalue weighted by molar-refractivity contribution is 7.89. The third-order valence-corrected chi connectivity index (χ3v) is 7.10. The smallest absolute Gasteiger partial charge is 0.415 e. The number of nitrogens with zero attached hydrogens (tertiary/aromatic N) is 3. The highest BCUT2D eigenvalue weighted by Crippen LogP contribution is 2.25. The number of amides is 1. The molecule has 176 valence electrons. The van der Waals surface area contributed by atoms with Crippen molar-refractivity contribution in [3.05, 3.63) is 89.0 Å². The van der Waals surface area contributed by atoms with Crippen molar-refractivity contribution < 1.29 is 27.6 Å². The van der Waals surface area contributed by atoms with E-state index in [0.29, 0.717) is 11.5 Å². The van der Waals surface area contributed by atoms with Gasteiger partial charge in [-0.2, -0.15) is 4.31 Å². The van der Waals surface area contributed by atoms with E-state index >= 15 is 0 Å². The fraction of sp³-hybridized carbons (Fsp3) is 0.174. The topological polar surface area (TPSA) is 119 Å². The predicted octanol–water partition coefficient (Wildman–Crippen LogP) is 3.89. The molecule has 0 spiro atoms. The van der Waals surface area contributed by atoms with Gasteiger partial charge in [0.2, 0.25) is 10.0 Å². The molecule has 4 rings (SSSR count). The Labute approximate surface area is 196 Å². The summed E-state index contributed by atoms with van der Waals surface area (Å²) in [6.45, 7) is 0.528.